The zero-order valence-electron chi connectivity index (χ0n) is 15.1. The number of fused-ring (bicyclic) bond motifs is 2. The van der Waals surface area contributed by atoms with Gasteiger partial charge in [0.25, 0.3) is 5.78 Å². The van der Waals surface area contributed by atoms with Gasteiger partial charge in [0.1, 0.15) is 6.33 Å². The van der Waals surface area contributed by atoms with Crippen molar-refractivity contribution < 1.29 is 14.7 Å². The minimum atomic E-state index is -0.747. The fraction of sp³-hybridized carbons (Fsp3) is 0.611. The molecule has 2 aromatic heterocycles. The smallest absolute Gasteiger partial charge is 0.311 e. The molecule has 1 aliphatic heterocycles. The van der Waals surface area contributed by atoms with Gasteiger partial charge in [-0.1, -0.05) is 6.42 Å². The minimum absolute atomic E-state index is 0.0255. The van der Waals surface area contributed by atoms with Crippen LogP contribution in [0.15, 0.2) is 6.33 Å². The van der Waals surface area contributed by atoms with Crippen molar-refractivity contribution in [1.29, 1.82) is 0 Å². The van der Waals surface area contributed by atoms with Gasteiger partial charge < -0.3 is 10.0 Å². The van der Waals surface area contributed by atoms with Crippen molar-refractivity contribution in [2.24, 2.45) is 11.3 Å². The third kappa shape index (κ3) is 2.47. The number of carbonyl (C=O) groups excluding carboxylic acids is 1. The molecule has 138 valence electrons. The van der Waals surface area contributed by atoms with Crippen molar-refractivity contribution in [3.63, 3.8) is 0 Å². The van der Waals surface area contributed by atoms with Gasteiger partial charge in [0.05, 0.1) is 5.41 Å². The molecule has 26 heavy (non-hydrogen) atoms. The predicted octanol–water partition coefficient (Wildman–Crippen LogP) is 1.39. The summed E-state index contributed by atoms with van der Waals surface area (Å²) in [4.78, 5) is 34.8. The van der Waals surface area contributed by atoms with Crippen molar-refractivity contribution in [2.45, 2.75) is 46.0 Å². The molecular formula is C18H23N5O3. The Balaban J connectivity index is 1.48. The molecule has 8 nitrogen and oxygen atoms in total. The molecule has 2 aromatic rings. The Hall–Kier alpha value is -2.51. The lowest BCUT2D eigenvalue weighted by atomic mass is 9.81. The Bertz CT molecular complexity index is 892. The van der Waals surface area contributed by atoms with E-state index >= 15 is 0 Å². The molecule has 0 aromatic carbocycles. The van der Waals surface area contributed by atoms with Gasteiger partial charge in [0, 0.05) is 30.9 Å². The van der Waals surface area contributed by atoms with Crippen LogP contribution < -0.4 is 0 Å². The Kier molecular flexibility index (Phi) is 3.93. The van der Waals surface area contributed by atoms with E-state index in [0.29, 0.717) is 38.1 Å². The SMILES string of the molecule is Cc1nc2ncnn2c(C)c1CCC(=O)N1C[C@@H]2CCC[C@@]2(C(=O)O)C1. The highest BCUT2D eigenvalue weighted by Gasteiger charge is 2.55. The normalized spacial score (nSPS) is 25.0. The first-order chi connectivity index (χ1) is 12.4. The molecule has 0 radical (unpaired) electrons. The number of rotatable bonds is 4. The Morgan fingerprint density at radius 2 is 2.19 bits per heavy atom. The molecule has 3 heterocycles. The van der Waals surface area contributed by atoms with Crippen LogP contribution in [0.4, 0.5) is 0 Å². The molecule has 0 spiro atoms. The molecule has 8 heteroatoms. The van der Waals surface area contributed by atoms with Crippen LogP contribution in [-0.4, -0.2) is 54.6 Å². The summed E-state index contributed by atoms with van der Waals surface area (Å²) >= 11 is 0. The molecule has 1 saturated heterocycles. The van der Waals surface area contributed by atoms with E-state index in [0.717, 1.165) is 29.8 Å². The molecule has 1 amide bonds. The number of likely N-dealkylation sites (tertiary alicyclic amines) is 1. The Morgan fingerprint density at radius 3 is 2.92 bits per heavy atom. The summed E-state index contributed by atoms with van der Waals surface area (Å²) in [6.45, 7) is 4.80. The fourth-order valence-corrected chi connectivity index (χ4v) is 4.74. The van der Waals surface area contributed by atoms with Crippen molar-refractivity contribution in [1.82, 2.24) is 24.5 Å². The first-order valence-corrected chi connectivity index (χ1v) is 9.09. The average Bonchev–Trinajstić information content (AvgIpc) is 3.27. The number of aromatic nitrogens is 4. The van der Waals surface area contributed by atoms with Crippen molar-refractivity contribution in [2.75, 3.05) is 13.1 Å². The monoisotopic (exact) mass is 357 g/mol. The van der Waals surface area contributed by atoms with Gasteiger partial charge in [0.2, 0.25) is 5.91 Å². The van der Waals surface area contributed by atoms with E-state index < -0.39 is 11.4 Å². The zero-order valence-corrected chi connectivity index (χ0v) is 15.1. The van der Waals surface area contributed by atoms with Gasteiger partial charge in [-0.2, -0.15) is 10.1 Å². The van der Waals surface area contributed by atoms with Crippen LogP contribution in [0.3, 0.4) is 0 Å². The second kappa shape index (κ2) is 6.03. The highest BCUT2D eigenvalue weighted by atomic mass is 16.4. The number of aryl methyl sites for hydroxylation is 2. The number of hydrogen-bond acceptors (Lipinski definition) is 5. The summed E-state index contributed by atoms with van der Waals surface area (Å²) in [6.07, 6.45) is 4.93. The second-order valence-electron chi connectivity index (χ2n) is 7.56. The molecule has 1 N–H and O–H groups in total. The third-order valence-corrected chi connectivity index (χ3v) is 6.23. The molecule has 1 aliphatic carbocycles. The Morgan fingerprint density at radius 1 is 1.38 bits per heavy atom. The molecule has 4 rings (SSSR count). The lowest BCUT2D eigenvalue weighted by molar-refractivity contribution is -0.149. The second-order valence-corrected chi connectivity index (χ2v) is 7.56. The maximum absolute atomic E-state index is 12.7. The average molecular weight is 357 g/mol. The van der Waals surface area contributed by atoms with Gasteiger partial charge in [-0.25, -0.2) is 9.50 Å². The summed E-state index contributed by atoms with van der Waals surface area (Å²) in [5.41, 5.74) is 2.08. The van der Waals surface area contributed by atoms with Crippen molar-refractivity contribution in [3.05, 3.63) is 23.3 Å². The van der Waals surface area contributed by atoms with Crippen LogP contribution in [0, 0.1) is 25.2 Å². The van der Waals surface area contributed by atoms with Crippen LogP contribution in [0.25, 0.3) is 5.78 Å². The zero-order chi connectivity index (χ0) is 18.5. The highest BCUT2D eigenvalue weighted by molar-refractivity contribution is 5.81. The summed E-state index contributed by atoms with van der Waals surface area (Å²) < 4.78 is 1.69. The minimum Gasteiger partial charge on any atom is -0.481 e. The fourth-order valence-electron chi connectivity index (χ4n) is 4.74. The third-order valence-electron chi connectivity index (χ3n) is 6.23. The molecule has 2 atom stereocenters. The maximum Gasteiger partial charge on any atom is 0.311 e. The van der Waals surface area contributed by atoms with E-state index in [2.05, 4.69) is 15.1 Å². The lowest BCUT2D eigenvalue weighted by Crippen LogP contribution is -2.37. The van der Waals surface area contributed by atoms with Crippen LogP contribution >= 0.6 is 0 Å². The van der Waals surface area contributed by atoms with Gasteiger partial charge in [-0.3, -0.25) is 9.59 Å². The van der Waals surface area contributed by atoms with E-state index in [1.807, 2.05) is 13.8 Å². The maximum atomic E-state index is 12.7. The first-order valence-electron chi connectivity index (χ1n) is 9.09. The number of amides is 1. The van der Waals surface area contributed by atoms with Crippen LogP contribution in [0.5, 0.6) is 0 Å². The molecule has 2 aliphatic rings. The van der Waals surface area contributed by atoms with E-state index in [9.17, 15) is 14.7 Å². The predicted molar refractivity (Wildman–Crippen MR) is 92.6 cm³/mol. The largest absolute Gasteiger partial charge is 0.481 e. The van der Waals surface area contributed by atoms with E-state index in [-0.39, 0.29) is 11.8 Å². The van der Waals surface area contributed by atoms with Gasteiger partial charge >= 0.3 is 5.97 Å². The summed E-state index contributed by atoms with van der Waals surface area (Å²) in [7, 11) is 0. The topological polar surface area (TPSA) is 101 Å². The van der Waals surface area contributed by atoms with E-state index in [1.165, 1.54) is 6.33 Å². The Labute approximate surface area is 151 Å². The van der Waals surface area contributed by atoms with Gasteiger partial charge in [-0.15, -0.1) is 0 Å². The quantitative estimate of drug-likeness (QED) is 0.887. The van der Waals surface area contributed by atoms with Crippen LogP contribution in [-0.2, 0) is 16.0 Å². The summed E-state index contributed by atoms with van der Waals surface area (Å²) in [5.74, 6) is -0.0632. The lowest BCUT2D eigenvalue weighted by Gasteiger charge is -2.23. The van der Waals surface area contributed by atoms with E-state index in [1.54, 1.807) is 9.42 Å². The van der Waals surface area contributed by atoms with Crippen LogP contribution in [0.2, 0.25) is 0 Å². The van der Waals surface area contributed by atoms with Crippen LogP contribution in [0.1, 0.15) is 42.6 Å². The molecule has 0 bridgehead atoms. The van der Waals surface area contributed by atoms with Gasteiger partial charge in [-0.05, 0) is 44.6 Å². The van der Waals surface area contributed by atoms with Crippen molar-refractivity contribution >= 4 is 17.7 Å². The number of carboxylic acid groups (broad SMARTS) is 1. The summed E-state index contributed by atoms with van der Waals surface area (Å²) in [6, 6.07) is 0. The first kappa shape index (κ1) is 16.9. The van der Waals surface area contributed by atoms with Gasteiger partial charge in [0.15, 0.2) is 0 Å². The highest BCUT2D eigenvalue weighted by Crippen LogP contribution is 2.49. The molecule has 2 fully saturated rings. The van der Waals surface area contributed by atoms with Crippen molar-refractivity contribution in [3.8, 4) is 0 Å². The molecule has 0 unspecified atom stereocenters. The summed E-state index contributed by atoms with van der Waals surface area (Å²) in [5, 5.41) is 13.8. The number of carbonyl (C=O) groups is 2. The standard InChI is InChI=1S/C18H23N5O3/c1-11-14(12(2)23-17(21-11)19-10-20-23)5-6-15(24)22-8-13-4-3-7-18(13,9-22)16(25)26/h10,13H,3-9H2,1-2H3,(H,25,26)/t13-,18+/m0/s1. The van der Waals surface area contributed by atoms with E-state index in [4.69, 9.17) is 0 Å². The number of nitrogens with zero attached hydrogens (tertiary/aromatic N) is 5. The number of carboxylic acids is 1. The molecule has 1 saturated carbocycles. The molecular weight excluding hydrogens is 334 g/mol. The number of hydrogen-bond donors (Lipinski definition) is 1. The number of aliphatic carboxylic acids is 1.